The van der Waals surface area contributed by atoms with Crippen molar-refractivity contribution in [3.05, 3.63) is 11.3 Å². The molecule has 4 nitrogen and oxygen atoms in total. The molecule has 0 bridgehead atoms. The van der Waals surface area contributed by atoms with Gasteiger partial charge in [-0.3, -0.25) is 9.79 Å². The molecule has 4 heteroatoms. The molecule has 1 aliphatic heterocycles. The lowest BCUT2D eigenvalue weighted by Gasteiger charge is -2.15. The lowest BCUT2D eigenvalue weighted by molar-refractivity contribution is -0.132. The van der Waals surface area contributed by atoms with E-state index in [4.69, 9.17) is 0 Å². The van der Waals surface area contributed by atoms with Gasteiger partial charge in [0.2, 0.25) is 5.78 Å². The Morgan fingerprint density at radius 1 is 1.40 bits per heavy atom. The summed E-state index contributed by atoms with van der Waals surface area (Å²) < 4.78 is 0. The van der Waals surface area contributed by atoms with Gasteiger partial charge in [0.15, 0.2) is 5.76 Å². The quantitative estimate of drug-likeness (QED) is 0.680. The van der Waals surface area contributed by atoms with Crippen LogP contribution in [0.15, 0.2) is 16.3 Å². The molecular formula is C11H15NO3. The molecule has 0 saturated heterocycles. The van der Waals surface area contributed by atoms with Crippen LogP contribution < -0.4 is 0 Å². The van der Waals surface area contributed by atoms with Crippen molar-refractivity contribution in [2.45, 2.75) is 38.2 Å². The van der Waals surface area contributed by atoms with E-state index in [1.165, 1.54) is 6.92 Å². The Bertz CT molecular complexity index is 366. The average molecular weight is 209 g/mol. The first kappa shape index (κ1) is 10.4. The largest absolute Gasteiger partial charge is 0.504 e. The van der Waals surface area contributed by atoms with Crippen LogP contribution in [0.3, 0.4) is 0 Å². The van der Waals surface area contributed by atoms with E-state index in [0.717, 1.165) is 31.5 Å². The zero-order valence-corrected chi connectivity index (χ0v) is 8.79. The van der Waals surface area contributed by atoms with Gasteiger partial charge in [-0.05, 0) is 26.2 Å². The van der Waals surface area contributed by atoms with Crippen molar-refractivity contribution in [2.24, 2.45) is 4.99 Å². The maximum Gasteiger partial charge on any atom is 0.228 e. The summed E-state index contributed by atoms with van der Waals surface area (Å²) in [5.74, 6) is -0.869. The predicted octanol–water partition coefficient (Wildman–Crippen LogP) is 1.15. The van der Waals surface area contributed by atoms with Gasteiger partial charge in [-0.1, -0.05) is 0 Å². The highest BCUT2D eigenvalue weighted by molar-refractivity contribution is 6.13. The minimum atomic E-state index is -1.45. The molecule has 82 valence electrons. The van der Waals surface area contributed by atoms with Crippen molar-refractivity contribution < 1.29 is 15.0 Å². The topological polar surface area (TPSA) is 69.9 Å². The normalized spacial score (nSPS) is 32.1. The van der Waals surface area contributed by atoms with Gasteiger partial charge >= 0.3 is 0 Å². The van der Waals surface area contributed by atoms with Gasteiger partial charge in [-0.15, -0.1) is 0 Å². The van der Waals surface area contributed by atoms with E-state index >= 15 is 0 Å². The summed E-state index contributed by atoms with van der Waals surface area (Å²) in [6.45, 7) is 2.18. The number of ketones is 1. The van der Waals surface area contributed by atoms with Gasteiger partial charge in [0.25, 0.3) is 0 Å². The standard InChI is InChI=1S/C11H15NO3/c1-11(15)6-7(9(13)10(11)14)8-4-2-3-5-12-8/h13,15H,2-6H2,1H3. The predicted molar refractivity (Wildman–Crippen MR) is 56.1 cm³/mol. The third kappa shape index (κ3) is 1.69. The zero-order valence-electron chi connectivity index (χ0n) is 8.79. The Morgan fingerprint density at radius 2 is 2.13 bits per heavy atom. The molecule has 1 heterocycles. The average Bonchev–Trinajstić information content (AvgIpc) is 2.44. The van der Waals surface area contributed by atoms with Gasteiger partial charge in [0.05, 0.1) is 0 Å². The summed E-state index contributed by atoms with van der Waals surface area (Å²) in [6.07, 6.45) is 3.08. The zero-order chi connectivity index (χ0) is 11.1. The van der Waals surface area contributed by atoms with Crippen LogP contribution in [-0.2, 0) is 4.79 Å². The molecule has 0 aromatic rings. The number of hydrogen-bond donors (Lipinski definition) is 2. The smallest absolute Gasteiger partial charge is 0.228 e. The maximum absolute atomic E-state index is 11.5. The van der Waals surface area contributed by atoms with Crippen molar-refractivity contribution in [1.82, 2.24) is 0 Å². The van der Waals surface area contributed by atoms with Gasteiger partial charge < -0.3 is 10.2 Å². The monoisotopic (exact) mass is 209 g/mol. The summed E-state index contributed by atoms with van der Waals surface area (Å²) in [6, 6.07) is 0. The molecule has 0 saturated carbocycles. The van der Waals surface area contributed by atoms with Crippen LogP contribution in [0.25, 0.3) is 0 Å². The second-order valence-corrected chi connectivity index (χ2v) is 4.39. The Labute approximate surface area is 88.3 Å². The highest BCUT2D eigenvalue weighted by Crippen LogP contribution is 2.32. The van der Waals surface area contributed by atoms with E-state index in [-0.39, 0.29) is 12.2 Å². The van der Waals surface area contributed by atoms with E-state index in [1.54, 1.807) is 0 Å². The van der Waals surface area contributed by atoms with Gasteiger partial charge in [0, 0.05) is 24.3 Å². The van der Waals surface area contributed by atoms with Crippen molar-refractivity contribution in [1.29, 1.82) is 0 Å². The van der Waals surface area contributed by atoms with Crippen molar-refractivity contribution >= 4 is 11.5 Å². The first-order valence-electron chi connectivity index (χ1n) is 5.25. The van der Waals surface area contributed by atoms with E-state index in [1.807, 2.05) is 0 Å². The van der Waals surface area contributed by atoms with Crippen LogP contribution in [0.1, 0.15) is 32.6 Å². The SMILES string of the molecule is CC1(O)CC(C2=NCCCC2)=C(O)C1=O. The number of carbonyl (C=O) groups excluding carboxylic acids is 1. The third-order valence-electron chi connectivity index (χ3n) is 2.98. The third-order valence-corrected chi connectivity index (χ3v) is 2.98. The number of aliphatic imine (C=N–C) groups is 1. The van der Waals surface area contributed by atoms with Gasteiger partial charge in [-0.2, -0.15) is 0 Å². The molecule has 0 spiro atoms. The molecule has 2 N–H and O–H groups in total. The number of hydrogen-bond acceptors (Lipinski definition) is 4. The first-order chi connectivity index (χ1) is 7.02. The molecule has 15 heavy (non-hydrogen) atoms. The summed E-state index contributed by atoms with van der Waals surface area (Å²) in [4.78, 5) is 15.8. The molecular weight excluding hydrogens is 194 g/mol. The van der Waals surface area contributed by atoms with E-state index in [9.17, 15) is 15.0 Å². The number of aliphatic hydroxyl groups excluding tert-OH is 1. The van der Waals surface area contributed by atoms with Gasteiger partial charge in [0.1, 0.15) is 5.60 Å². The molecule has 0 amide bonds. The van der Waals surface area contributed by atoms with Crippen LogP contribution in [0, 0.1) is 0 Å². The molecule has 1 aliphatic carbocycles. The summed E-state index contributed by atoms with van der Waals surface area (Å²) in [5.41, 5.74) is -0.103. The van der Waals surface area contributed by atoms with Crippen molar-refractivity contribution in [2.75, 3.05) is 6.54 Å². The maximum atomic E-state index is 11.5. The fourth-order valence-electron chi connectivity index (χ4n) is 2.08. The molecule has 0 fully saturated rings. The Morgan fingerprint density at radius 3 is 2.60 bits per heavy atom. The molecule has 2 aliphatic rings. The van der Waals surface area contributed by atoms with Gasteiger partial charge in [-0.25, -0.2) is 0 Å². The summed E-state index contributed by atoms with van der Waals surface area (Å²) >= 11 is 0. The number of carbonyl (C=O) groups is 1. The Balaban J connectivity index is 2.31. The van der Waals surface area contributed by atoms with E-state index in [2.05, 4.69) is 4.99 Å². The van der Waals surface area contributed by atoms with Crippen molar-refractivity contribution in [3.63, 3.8) is 0 Å². The molecule has 0 aromatic heterocycles. The van der Waals surface area contributed by atoms with Crippen LogP contribution in [0.5, 0.6) is 0 Å². The van der Waals surface area contributed by atoms with Crippen LogP contribution in [0.2, 0.25) is 0 Å². The Hall–Kier alpha value is -1.16. The fourth-order valence-corrected chi connectivity index (χ4v) is 2.08. The van der Waals surface area contributed by atoms with E-state index in [0.29, 0.717) is 5.57 Å². The summed E-state index contributed by atoms with van der Waals surface area (Å²) in [5, 5.41) is 19.4. The highest BCUT2D eigenvalue weighted by Gasteiger charge is 2.43. The van der Waals surface area contributed by atoms with Crippen LogP contribution in [-0.4, -0.2) is 33.9 Å². The minimum Gasteiger partial charge on any atom is -0.504 e. The van der Waals surface area contributed by atoms with E-state index < -0.39 is 11.4 Å². The molecule has 1 atom stereocenters. The fraction of sp³-hybridized carbons (Fsp3) is 0.636. The lowest BCUT2D eigenvalue weighted by atomic mass is 9.97. The number of aliphatic hydroxyl groups is 2. The number of nitrogens with zero attached hydrogens (tertiary/aromatic N) is 1. The minimum absolute atomic E-state index is 0.191. The lowest BCUT2D eigenvalue weighted by Crippen LogP contribution is -2.31. The summed E-state index contributed by atoms with van der Waals surface area (Å²) in [7, 11) is 0. The van der Waals surface area contributed by atoms with Crippen molar-refractivity contribution in [3.8, 4) is 0 Å². The second kappa shape index (κ2) is 3.45. The molecule has 0 radical (unpaired) electrons. The van der Waals surface area contributed by atoms with Crippen LogP contribution in [0.4, 0.5) is 0 Å². The number of Topliss-reactive ketones (excluding diaryl/α,β-unsaturated/α-hetero) is 1. The highest BCUT2D eigenvalue weighted by atomic mass is 16.3. The first-order valence-corrected chi connectivity index (χ1v) is 5.25. The van der Waals surface area contributed by atoms with Crippen LogP contribution >= 0.6 is 0 Å². The molecule has 1 unspecified atom stereocenters. The Kier molecular flexibility index (Phi) is 2.38. The number of rotatable bonds is 1. The molecule has 0 aromatic carbocycles. The molecule has 2 rings (SSSR count). The second-order valence-electron chi connectivity index (χ2n) is 4.39.